The van der Waals surface area contributed by atoms with Gasteiger partial charge >= 0.3 is 0 Å². The summed E-state index contributed by atoms with van der Waals surface area (Å²) in [4.78, 5) is 48.2. The minimum Gasteiger partial charge on any atom is -0.497 e. The van der Waals surface area contributed by atoms with Gasteiger partial charge in [0.1, 0.15) is 17.4 Å². The molecule has 0 bridgehead atoms. The molecule has 4 heterocycles. The molecule has 2 aromatic carbocycles. The Bertz CT molecular complexity index is 1410. The molecule has 42 heavy (non-hydrogen) atoms. The van der Waals surface area contributed by atoms with Crippen LogP contribution in [0.3, 0.4) is 0 Å². The summed E-state index contributed by atoms with van der Waals surface area (Å²) in [5, 5.41) is 10.5. The number of fused-ring (bicyclic) bond motifs is 2. The van der Waals surface area contributed by atoms with Crippen molar-refractivity contribution in [3.63, 3.8) is 0 Å². The largest absolute Gasteiger partial charge is 0.497 e. The molecule has 2 saturated heterocycles. The van der Waals surface area contributed by atoms with E-state index >= 15 is 0 Å². The van der Waals surface area contributed by atoms with Crippen LogP contribution in [0.1, 0.15) is 19.4 Å². The number of methoxy groups -OCH3 is 1. The van der Waals surface area contributed by atoms with Crippen LogP contribution in [-0.2, 0) is 25.7 Å². The van der Waals surface area contributed by atoms with Crippen LogP contribution < -0.4 is 9.64 Å². The van der Waals surface area contributed by atoms with Gasteiger partial charge in [-0.2, -0.15) is 0 Å². The first-order chi connectivity index (χ1) is 20.3. The molecule has 0 aliphatic carbocycles. The van der Waals surface area contributed by atoms with Crippen molar-refractivity contribution in [2.45, 2.75) is 44.2 Å². The first kappa shape index (κ1) is 28.2. The van der Waals surface area contributed by atoms with Crippen LogP contribution in [0.5, 0.6) is 5.75 Å². The molecule has 6 atom stereocenters. The fourth-order valence-corrected chi connectivity index (χ4v) is 7.05. The van der Waals surface area contributed by atoms with Gasteiger partial charge in [0.15, 0.2) is 0 Å². The minimum absolute atomic E-state index is 0.139. The maximum atomic E-state index is 14.6. The molecular formula is C33H37N3O6. The number of anilines is 1. The van der Waals surface area contributed by atoms with E-state index in [9.17, 15) is 19.5 Å². The summed E-state index contributed by atoms with van der Waals surface area (Å²) in [7, 11) is 1.58. The van der Waals surface area contributed by atoms with E-state index in [0.29, 0.717) is 24.5 Å². The fourth-order valence-electron chi connectivity index (χ4n) is 7.05. The molecule has 9 heteroatoms. The second-order valence-corrected chi connectivity index (χ2v) is 11.8. The zero-order valence-electron chi connectivity index (χ0n) is 24.1. The lowest BCUT2D eigenvalue weighted by Crippen LogP contribution is -2.59. The van der Waals surface area contributed by atoms with Crippen molar-refractivity contribution in [3.8, 4) is 5.75 Å². The molecule has 0 saturated carbocycles. The van der Waals surface area contributed by atoms with Crippen molar-refractivity contribution in [2.75, 3.05) is 31.7 Å². The number of likely N-dealkylation sites (tertiary alicyclic amines) is 1. The number of carbonyl (C=O) groups is 3. The summed E-state index contributed by atoms with van der Waals surface area (Å²) in [6.07, 6.45) is 6.81. The first-order valence-corrected chi connectivity index (χ1v) is 14.5. The van der Waals surface area contributed by atoms with E-state index < -0.39 is 35.6 Å². The molecule has 0 radical (unpaired) electrons. The molecule has 4 aliphatic heterocycles. The number of ether oxygens (including phenoxy) is 2. The summed E-state index contributed by atoms with van der Waals surface area (Å²) in [6.45, 7) is 4.59. The summed E-state index contributed by atoms with van der Waals surface area (Å²) in [5.74, 6) is -2.01. The smallest absolute Gasteiger partial charge is 0.253 e. The third-order valence-corrected chi connectivity index (χ3v) is 9.09. The van der Waals surface area contributed by atoms with Crippen LogP contribution in [0.15, 0.2) is 78.9 Å². The van der Waals surface area contributed by atoms with Gasteiger partial charge in [-0.25, -0.2) is 0 Å². The van der Waals surface area contributed by atoms with Crippen molar-refractivity contribution in [1.29, 1.82) is 0 Å². The van der Waals surface area contributed by atoms with Crippen molar-refractivity contribution in [2.24, 2.45) is 17.8 Å². The Balaban J connectivity index is 1.43. The lowest BCUT2D eigenvalue weighted by atomic mass is 9.77. The highest BCUT2D eigenvalue weighted by Gasteiger charge is 2.72. The zero-order chi connectivity index (χ0) is 29.6. The molecule has 6 rings (SSSR count). The molecule has 0 aromatic heterocycles. The average Bonchev–Trinajstić information content (AvgIpc) is 3.31. The predicted octanol–water partition coefficient (Wildman–Crippen LogP) is 2.79. The Morgan fingerprint density at radius 3 is 2.38 bits per heavy atom. The quantitative estimate of drug-likeness (QED) is 0.514. The summed E-state index contributed by atoms with van der Waals surface area (Å²) >= 11 is 0. The van der Waals surface area contributed by atoms with E-state index in [-0.39, 0.29) is 36.8 Å². The summed E-state index contributed by atoms with van der Waals surface area (Å²) in [5.41, 5.74) is 0.284. The number of aliphatic hydroxyl groups is 1. The monoisotopic (exact) mass is 571 g/mol. The van der Waals surface area contributed by atoms with Gasteiger partial charge in [0.2, 0.25) is 11.8 Å². The molecule has 220 valence electrons. The Labute approximate surface area is 246 Å². The maximum absolute atomic E-state index is 14.6. The van der Waals surface area contributed by atoms with Gasteiger partial charge < -0.3 is 29.3 Å². The van der Waals surface area contributed by atoms with Crippen molar-refractivity contribution in [1.82, 2.24) is 9.80 Å². The average molecular weight is 572 g/mol. The zero-order valence-corrected chi connectivity index (χ0v) is 24.1. The lowest BCUT2D eigenvalue weighted by Gasteiger charge is -2.39. The van der Waals surface area contributed by atoms with Gasteiger partial charge in [0, 0.05) is 25.3 Å². The SMILES string of the molecule is COc1ccc(N2CC=C[C@]34O[C@@H]5C=CCN(Cc6ccccc6)C(=O)[C@@H]5[C@H]3C(=O)N([C@@H](CO)C(C)C)C4C2=O)cc1. The van der Waals surface area contributed by atoms with Crippen LogP contribution >= 0.6 is 0 Å². The molecule has 2 fully saturated rings. The third-order valence-electron chi connectivity index (χ3n) is 9.09. The molecular weight excluding hydrogens is 534 g/mol. The van der Waals surface area contributed by atoms with Crippen LogP contribution in [0.25, 0.3) is 0 Å². The Morgan fingerprint density at radius 2 is 1.71 bits per heavy atom. The molecule has 4 aliphatic rings. The highest BCUT2D eigenvalue weighted by Crippen LogP contribution is 2.54. The van der Waals surface area contributed by atoms with E-state index in [1.54, 1.807) is 41.2 Å². The van der Waals surface area contributed by atoms with E-state index in [1.165, 1.54) is 4.90 Å². The maximum Gasteiger partial charge on any atom is 0.253 e. The van der Waals surface area contributed by atoms with Gasteiger partial charge in [0.25, 0.3) is 5.91 Å². The standard InChI is InChI=1S/C33H37N3O6/c1-21(2)25(20-37)36-29-32(40)35(23-12-14-24(41-3)15-13-23)18-8-16-33(29)28(31(36)39)27-26(42-33)11-7-17-34(30(27)38)19-22-9-5-4-6-10-22/h4-16,21,25-29,37H,17-20H2,1-3H3/t25-,26+,27-,28-,29?,33-/m0/s1. The Kier molecular flexibility index (Phi) is 7.41. The number of benzene rings is 2. The number of rotatable bonds is 7. The highest BCUT2D eigenvalue weighted by atomic mass is 16.5. The van der Waals surface area contributed by atoms with Crippen LogP contribution in [-0.4, -0.2) is 83.2 Å². The van der Waals surface area contributed by atoms with Gasteiger partial charge in [-0.15, -0.1) is 0 Å². The molecule has 2 aromatic rings. The first-order valence-electron chi connectivity index (χ1n) is 14.5. The van der Waals surface area contributed by atoms with Gasteiger partial charge in [-0.3, -0.25) is 14.4 Å². The molecule has 1 spiro atoms. The van der Waals surface area contributed by atoms with Gasteiger partial charge in [-0.1, -0.05) is 68.5 Å². The number of amides is 3. The molecule has 1 unspecified atom stereocenters. The molecule has 3 amide bonds. The van der Waals surface area contributed by atoms with E-state index in [0.717, 1.165) is 5.56 Å². The van der Waals surface area contributed by atoms with Crippen LogP contribution in [0.2, 0.25) is 0 Å². The number of carbonyl (C=O) groups excluding carboxylic acids is 3. The fraction of sp³-hybridized carbons (Fsp3) is 0.424. The minimum atomic E-state index is -1.36. The normalized spacial score (nSPS) is 29.4. The third kappa shape index (κ3) is 4.42. The summed E-state index contributed by atoms with van der Waals surface area (Å²) in [6, 6.07) is 15.2. The van der Waals surface area contributed by atoms with Crippen LogP contribution in [0, 0.1) is 17.8 Å². The molecule has 1 N–H and O–H groups in total. The Hall–Kier alpha value is -3.95. The van der Waals surface area contributed by atoms with Gasteiger partial charge in [0.05, 0.1) is 37.7 Å². The highest BCUT2D eigenvalue weighted by molar-refractivity contribution is 6.06. The number of nitrogens with zero attached hydrogens (tertiary/aromatic N) is 3. The van der Waals surface area contributed by atoms with E-state index in [4.69, 9.17) is 9.47 Å². The second-order valence-electron chi connectivity index (χ2n) is 11.8. The van der Waals surface area contributed by atoms with Crippen LogP contribution in [0.4, 0.5) is 5.69 Å². The number of hydrogen-bond acceptors (Lipinski definition) is 6. The lowest BCUT2D eigenvalue weighted by molar-refractivity contribution is -0.148. The Morgan fingerprint density at radius 1 is 0.976 bits per heavy atom. The van der Waals surface area contributed by atoms with Gasteiger partial charge in [-0.05, 0) is 35.7 Å². The van der Waals surface area contributed by atoms with Crippen molar-refractivity contribution >= 4 is 23.4 Å². The van der Waals surface area contributed by atoms with Crippen molar-refractivity contribution < 1.29 is 29.0 Å². The van der Waals surface area contributed by atoms with E-state index in [1.807, 2.05) is 68.5 Å². The van der Waals surface area contributed by atoms with E-state index in [2.05, 4.69) is 0 Å². The predicted molar refractivity (Wildman–Crippen MR) is 156 cm³/mol. The topological polar surface area (TPSA) is 99.6 Å². The second kappa shape index (κ2) is 11.0. The number of hydrogen-bond donors (Lipinski definition) is 1. The number of aliphatic hydroxyl groups excluding tert-OH is 1. The van der Waals surface area contributed by atoms with Crippen molar-refractivity contribution in [3.05, 3.63) is 84.5 Å². The summed E-state index contributed by atoms with van der Waals surface area (Å²) < 4.78 is 12.0. The molecule has 9 nitrogen and oxygen atoms in total.